The van der Waals surface area contributed by atoms with E-state index in [-0.39, 0.29) is 6.61 Å². The lowest BCUT2D eigenvalue weighted by Gasteiger charge is -2.06. The smallest absolute Gasteiger partial charge is 0.183 e. The largest absolute Gasteiger partial charge is 0.388 e. The van der Waals surface area contributed by atoms with Gasteiger partial charge in [-0.2, -0.15) is 0 Å². The van der Waals surface area contributed by atoms with Crippen molar-refractivity contribution in [2.45, 2.75) is 18.5 Å². The van der Waals surface area contributed by atoms with E-state index >= 15 is 0 Å². The van der Waals surface area contributed by atoms with Crippen LogP contribution in [0.5, 0.6) is 0 Å². The minimum Gasteiger partial charge on any atom is -0.388 e. The van der Waals surface area contributed by atoms with Gasteiger partial charge < -0.3 is 20.1 Å². The van der Waals surface area contributed by atoms with Gasteiger partial charge in [0.1, 0.15) is 12.2 Å². The highest BCUT2D eigenvalue weighted by Crippen LogP contribution is 2.10. The molecule has 8 heavy (non-hydrogen) atoms. The van der Waals surface area contributed by atoms with E-state index in [9.17, 15) is 0 Å². The van der Waals surface area contributed by atoms with Crippen molar-refractivity contribution >= 4 is 0 Å². The highest BCUT2D eigenvalue weighted by molar-refractivity contribution is 4.75. The molecule has 0 aromatic heterocycles. The van der Waals surface area contributed by atoms with Crippen molar-refractivity contribution in [3.8, 4) is 0 Å². The summed E-state index contributed by atoms with van der Waals surface area (Å²) in [6, 6.07) is 0. The molecule has 0 radical (unpaired) electrons. The Morgan fingerprint density at radius 3 is 2.00 bits per heavy atom. The Bertz CT molecular complexity index is 74.1. The van der Waals surface area contributed by atoms with E-state index in [1.165, 1.54) is 0 Å². The molecular weight excluding hydrogens is 112 g/mol. The molecule has 1 saturated heterocycles. The van der Waals surface area contributed by atoms with Gasteiger partial charge >= 0.3 is 0 Å². The van der Waals surface area contributed by atoms with Crippen molar-refractivity contribution in [1.29, 1.82) is 0 Å². The van der Waals surface area contributed by atoms with Crippen LogP contribution >= 0.6 is 0 Å². The van der Waals surface area contributed by atoms with E-state index in [1.54, 1.807) is 0 Å². The second-order valence-corrected chi connectivity index (χ2v) is 1.78. The zero-order valence-corrected chi connectivity index (χ0v) is 4.19. The van der Waals surface area contributed by atoms with Crippen LogP contribution in [0.1, 0.15) is 0 Å². The molecule has 1 rings (SSSR count). The van der Waals surface area contributed by atoms with Crippen LogP contribution in [-0.4, -0.2) is 40.4 Å². The lowest BCUT2D eigenvalue weighted by atomic mass is 10.2. The molecular formula is C4H8O4. The zero-order valence-electron chi connectivity index (χ0n) is 4.19. The fraction of sp³-hybridized carbons (Fsp3) is 1.00. The molecule has 3 N–H and O–H groups in total. The summed E-state index contributed by atoms with van der Waals surface area (Å²) in [5.74, 6) is 0. The van der Waals surface area contributed by atoms with Gasteiger partial charge in [-0.1, -0.05) is 0 Å². The maximum absolute atomic E-state index is 8.64. The van der Waals surface area contributed by atoms with E-state index in [4.69, 9.17) is 15.3 Å². The Balaban J connectivity index is 2.44. The molecule has 0 aliphatic carbocycles. The number of hydrogen-bond acceptors (Lipinski definition) is 4. The molecule has 0 aromatic rings. The minimum absolute atomic E-state index is 0.0162. The van der Waals surface area contributed by atoms with Crippen LogP contribution in [0.25, 0.3) is 0 Å². The maximum atomic E-state index is 8.64. The van der Waals surface area contributed by atoms with Crippen molar-refractivity contribution in [3.05, 3.63) is 0 Å². The standard InChI is InChI=1S/C4H8O4/c5-2-1-8-4(7)3(2)6/h2-7H,1H2/t2-,3?,4+/m1/s1. The monoisotopic (exact) mass is 120 g/mol. The Kier molecular flexibility index (Phi) is 1.48. The molecule has 48 valence electrons. The van der Waals surface area contributed by atoms with Crippen molar-refractivity contribution < 1.29 is 20.1 Å². The van der Waals surface area contributed by atoms with Gasteiger partial charge in [0.05, 0.1) is 6.61 Å². The van der Waals surface area contributed by atoms with Crippen LogP contribution in [0.3, 0.4) is 0 Å². The van der Waals surface area contributed by atoms with Gasteiger partial charge in [0.25, 0.3) is 0 Å². The first-order valence-corrected chi connectivity index (χ1v) is 2.37. The molecule has 3 atom stereocenters. The molecule has 0 bridgehead atoms. The van der Waals surface area contributed by atoms with Crippen molar-refractivity contribution in [2.75, 3.05) is 6.61 Å². The van der Waals surface area contributed by atoms with Gasteiger partial charge in [-0.15, -0.1) is 0 Å². The number of ether oxygens (including phenoxy) is 1. The fourth-order valence-electron chi connectivity index (χ4n) is 0.584. The van der Waals surface area contributed by atoms with Crippen LogP contribution in [0.4, 0.5) is 0 Å². The molecule has 0 spiro atoms. The predicted molar refractivity (Wildman–Crippen MR) is 24.0 cm³/mol. The summed E-state index contributed by atoms with van der Waals surface area (Å²) in [5, 5.41) is 25.8. The molecule has 4 heteroatoms. The van der Waals surface area contributed by atoms with Gasteiger partial charge in [0, 0.05) is 0 Å². The molecule has 1 unspecified atom stereocenters. The normalized spacial score (nSPS) is 47.6. The summed E-state index contributed by atoms with van der Waals surface area (Å²) in [4.78, 5) is 0. The third-order valence-corrected chi connectivity index (χ3v) is 1.12. The van der Waals surface area contributed by atoms with Crippen molar-refractivity contribution in [3.63, 3.8) is 0 Å². The summed E-state index contributed by atoms with van der Waals surface area (Å²) in [6.45, 7) is 0.0162. The summed E-state index contributed by atoms with van der Waals surface area (Å²) >= 11 is 0. The Hall–Kier alpha value is -0.160. The summed E-state index contributed by atoms with van der Waals surface area (Å²) < 4.78 is 4.43. The van der Waals surface area contributed by atoms with Crippen molar-refractivity contribution in [2.24, 2.45) is 0 Å². The average Bonchev–Trinajstić information content (AvgIpc) is 1.98. The Morgan fingerprint density at radius 1 is 1.25 bits per heavy atom. The average molecular weight is 120 g/mol. The number of hydrogen-bond donors (Lipinski definition) is 3. The van der Waals surface area contributed by atoms with Gasteiger partial charge in [0.15, 0.2) is 6.29 Å². The lowest BCUT2D eigenvalue weighted by molar-refractivity contribution is -0.111. The van der Waals surface area contributed by atoms with Gasteiger partial charge in [-0.3, -0.25) is 0 Å². The quantitative estimate of drug-likeness (QED) is 0.348. The number of aliphatic hydroxyl groups is 3. The first kappa shape index (κ1) is 5.97. The Morgan fingerprint density at radius 2 is 1.88 bits per heavy atom. The molecule has 1 fully saturated rings. The Labute approximate surface area is 46.3 Å². The highest BCUT2D eigenvalue weighted by atomic mass is 16.6. The summed E-state index contributed by atoms with van der Waals surface area (Å²) in [5.41, 5.74) is 0. The van der Waals surface area contributed by atoms with Gasteiger partial charge in [-0.25, -0.2) is 0 Å². The topological polar surface area (TPSA) is 69.9 Å². The molecule has 0 amide bonds. The highest BCUT2D eigenvalue weighted by Gasteiger charge is 2.32. The summed E-state index contributed by atoms with van der Waals surface area (Å²) in [7, 11) is 0. The van der Waals surface area contributed by atoms with E-state index < -0.39 is 18.5 Å². The fourth-order valence-corrected chi connectivity index (χ4v) is 0.584. The third kappa shape index (κ3) is 0.830. The van der Waals surface area contributed by atoms with E-state index in [0.717, 1.165) is 0 Å². The van der Waals surface area contributed by atoms with Crippen LogP contribution in [0.15, 0.2) is 0 Å². The van der Waals surface area contributed by atoms with Crippen LogP contribution < -0.4 is 0 Å². The molecule has 1 aliphatic heterocycles. The minimum atomic E-state index is -1.20. The molecule has 0 saturated carbocycles. The molecule has 0 aromatic carbocycles. The first-order chi connectivity index (χ1) is 3.72. The third-order valence-electron chi connectivity index (χ3n) is 1.12. The predicted octanol–water partition coefficient (Wildman–Crippen LogP) is -1.94. The molecule has 1 aliphatic rings. The molecule has 4 nitrogen and oxygen atoms in total. The second kappa shape index (κ2) is 1.99. The van der Waals surface area contributed by atoms with Crippen LogP contribution in [0.2, 0.25) is 0 Å². The van der Waals surface area contributed by atoms with Crippen LogP contribution in [0, 0.1) is 0 Å². The molecule has 1 heterocycles. The first-order valence-electron chi connectivity index (χ1n) is 2.37. The maximum Gasteiger partial charge on any atom is 0.183 e. The summed E-state index contributed by atoms with van der Waals surface area (Å²) in [6.07, 6.45) is -3.26. The SMILES string of the molecule is OC1[C@H](O)CO[C@@H]1O. The number of aliphatic hydroxyl groups excluding tert-OH is 3. The zero-order chi connectivity index (χ0) is 6.15. The van der Waals surface area contributed by atoms with Crippen LogP contribution in [-0.2, 0) is 4.74 Å². The van der Waals surface area contributed by atoms with E-state index in [2.05, 4.69) is 4.74 Å². The van der Waals surface area contributed by atoms with E-state index in [0.29, 0.717) is 0 Å². The van der Waals surface area contributed by atoms with Crippen molar-refractivity contribution in [1.82, 2.24) is 0 Å². The van der Waals surface area contributed by atoms with E-state index in [1.807, 2.05) is 0 Å². The second-order valence-electron chi connectivity index (χ2n) is 1.78. The lowest BCUT2D eigenvalue weighted by Crippen LogP contribution is -2.29. The number of rotatable bonds is 0. The van der Waals surface area contributed by atoms with Gasteiger partial charge in [0.2, 0.25) is 0 Å². The van der Waals surface area contributed by atoms with Gasteiger partial charge in [-0.05, 0) is 0 Å².